The molecule has 22 heavy (non-hydrogen) atoms. The molecule has 114 valence electrons. The molecule has 1 unspecified atom stereocenters. The summed E-state index contributed by atoms with van der Waals surface area (Å²) < 4.78 is 0. The van der Waals surface area contributed by atoms with E-state index in [1.807, 2.05) is 36.4 Å². The van der Waals surface area contributed by atoms with Gasteiger partial charge in [-0.3, -0.25) is 0 Å². The van der Waals surface area contributed by atoms with E-state index >= 15 is 0 Å². The van der Waals surface area contributed by atoms with Gasteiger partial charge in [-0.1, -0.05) is 60.7 Å². The fraction of sp³-hybridized carbons (Fsp3) is 0.316. The molecular weight excluding hydrogens is 272 g/mol. The van der Waals surface area contributed by atoms with Crippen LogP contribution in [-0.2, 0) is 6.42 Å². The van der Waals surface area contributed by atoms with Gasteiger partial charge in [0, 0.05) is 6.54 Å². The second kappa shape index (κ2) is 7.12. The van der Waals surface area contributed by atoms with Crippen LogP contribution < -0.4 is 10.6 Å². The van der Waals surface area contributed by atoms with Crippen molar-refractivity contribution in [2.45, 2.75) is 25.3 Å². The van der Waals surface area contributed by atoms with Crippen molar-refractivity contribution in [1.82, 2.24) is 10.6 Å². The van der Waals surface area contributed by atoms with Gasteiger partial charge in [0.15, 0.2) is 0 Å². The number of nitrogens with one attached hydrogen (secondary N) is 2. The lowest BCUT2D eigenvalue weighted by molar-refractivity contribution is 0.236. The topological polar surface area (TPSA) is 41.1 Å². The standard InChI is InChI=1S/C19H22N2O/c22-19(20-14-16-11-12-16)21-18(17-9-5-2-6-10-17)13-15-7-3-1-4-8-15/h1-10,16,18H,11-14H2,(H2,20,21,22). The summed E-state index contributed by atoms with van der Waals surface area (Å²) in [5.74, 6) is 0.690. The molecule has 2 aromatic rings. The summed E-state index contributed by atoms with van der Waals surface area (Å²) in [5.41, 5.74) is 2.35. The van der Waals surface area contributed by atoms with E-state index in [4.69, 9.17) is 0 Å². The summed E-state index contributed by atoms with van der Waals surface area (Å²) in [5, 5.41) is 6.10. The molecule has 2 aromatic carbocycles. The van der Waals surface area contributed by atoms with Crippen LogP contribution in [0.4, 0.5) is 4.79 Å². The molecule has 0 aliphatic heterocycles. The van der Waals surface area contributed by atoms with E-state index in [0.29, 0.717) is 5.92 Å². The molecule has 2 N–H and O–H groups in total. The number of rotatable bonds is 6. The highest BCUT2D eigenvalue weighted by Crippen LogP contribution is 2.27. The summed E-state index contributed by atoms with van der Waals surface area (Å²) in [4.78, 5) is 12.1. The highest BCUT2D eigenvalue weighted by atomic mass is 16.2. The molecular formula is C19H22N2O. The van der Waals surface area contributed by atoms with Crippen LogP contribution >= 0.6 is 0 Å². The predicted octanol–water partition coefficient (Wildman–Crippen LogP) is 3.68. The van der Waals surface area contributed by atoms with E-state index < -0.39 is 0 Å². The summed E-state index contributed by atoms with van der Waals surface area (Å²) >= 11 is 0. The van der Waals surface area contributed by atoms with Gasteiger partial charge >= 0.3 is 6.03 Å². The van der Waals surface area contributed by atoms with Crippen molar-refractivity contribution in [2.24, 2.45) is 5.92 Å². The number of benzene rings is 2. The lowest BCUT2D eigenvalue weighted by Crippen LogP contribution is -2.39. The Morgan fingerprint density at radius 1 is 1.00 bits per heavy atom. The first-order valence-electron chi connectivity index (χ1n) is 7.94. The molecule has 0 bridgehead atoms. The highest BCUT2D eigenvalue weighted by Gasteiger charge is 2.22. The Balaban J connectivity index is 1.66. The van der Waals surface area contributed by atoms with Crippen LogP contribution in [0.5, 0.6) is 0 Å². The van der Waals surface area contributed by atoms with Crippen molar-refractivity contribution < 1.29 is 4.79 Å². The lowest BCUT2D eigenvalue weighted by Gasteiger charge is -2.20. The van der Waals surface area contributed by atoms with Crippen LogP contribution in [0.3, 0.4) is 0 Å². The van der Waals surface area contributed by atoms with Crippen molar-refractivity contribution in [1.29, 1.82) is 0 Å². The number of hydrogen-bond donors (Lipinski definition) is 2. The summed E-state index contributed by atoms with van der Waals surface area (Å²) in [7, 11) is 0. The van der Waals surface area contributed by atoms with Crippen molar-refractivity contribution in [2.75, 3.05) is 6.54 Å². The molecule has 3 rings (SSSR count). The first-order chi connectivity index (χ1) is 10.8. The third kappa shape index (κ3) is 4.35. The zero-order valence-electron chi connectivity index (χ0n) is 12.7. The number of carbonyl (C=O) groups excluding carboxylic acids is 1. The molecule has 1 fully saturated rings. The SMILES string of the molecule is O=C(NCC1CC1)NC(Cc1ccccc1)c1ccccc1. The fourth-order valence-electron chi connectivity index (χ4n) is 2.56. The van der Waals surface area contributed by atoms with Gasteiger partial charge in [0.1, 0.15) is 0 Å². The molecule has 1 saturated carbocycles. The van der Waals surface area contributed by atoms with Crippen molar-refractivity contribution in [3.8, 4) is 0 Å². The summed E-state index contributed by atoms with van der Waals surface area (Å²) in [6.45, 7) is 0.790. The molecule has 0 heterocycles. The van der Waals surface area contributed by atoms with Gasteiger partial charge in [-0.15, -0.1) is 0 Å². The van der Waals surface area contributed by atoms with Crippen LogP contribution in [0.15, 0.2) is 60.7 Å². The zero-order valence-corrected chi connectivity index (χ0v) is 12.7. The van der Waals surface area contributed by atoms with Crippen LogP contribution in [0.25, 0.3) is 0 Å². The van der Waals surface area contributed by atoms with Crippen LogP contribution in [-0.4, -0.2) is 12.6 Å². The molecule has 1 aliphatic rings. The maximum Gasteiger partial charge on any atom is 0.315 e. The van der Waals surface area contributed by atoms with E-state index in [-0.39, 0.29) is 12.1 Å². The number of carbonyl (C=O) groups is 1. The molecule has 3 nitrogen and oxygen atoms in total. The van der Waals surface area contributed by atoms with Crippen molar-refractivity contribution in [3.63, 3.8) is 0 Å². The van der Waals surface area contributed by atoms with Gasteiger partial charge in [-0.2, -0.15) is 0 Å². The van der Waals surface area contributed by atoms with Gasteiger partial charge < -0.3 is 10.6 Å². The average molecular weight is 294 g/mol. The highest BCUT2D eigenvalue weighted by molar-refractivity contribution is 5.74. The average Bonchev–Trinajstić information content (AvgIpc) is 3.38. The maximum atomic E-state index is 12.1. The lowest BCUT2D eigenvalue weighted by atomic mass is 9.99. The second-order valence-corrected chi connectivity index (χ2v) is 5.95. The van der Waals surface area contributed by atoms with Gasteiger partial charge in [0.05, 0.1) is 6.04 Å². The fourth-order valence-corrected chi connectivity index (χ4v) is 2.56. The van der Waals surface area contributed by atoms with Crippen LogP contribution in [0.2, 0.25) is 0 Å². The predicted molar refractivity (Wildman–Crippen MR) is 88.6 cm³/mol. The molecule has 1 atom stereocenters. The summed E-state index contributed by atoms with van der Waals surface area (Å²) in [6, 6.07) is 20.3. The molecule has 3 heteroatoms. The molecule has 1 aliphatic carbocycles. The molecule has 2 amide bonds. The Kier molecular flexibility index (Phi) is 4.74. The van der Waals surface area contributed by atoms with Gasteiger partial charge in [0.25, 0.3) is 0 Å². The number of urea groups is 1. The normalized spacial score (nSPS) is 15.1. The van der Waals surface area contributed by atoms with Gasteiger partial charge in [0.2, 0.25) is 0 Å². The Hall–Kier alpha value is -2.29. The van der Waals surface area contributed by atoms with Crippen molar-refractivity contribution in [3.05, 3.63) is 71.8 Å². The molecule has 0 saturated heterocycles. The van der Waals surface area contributed by atoms with E-state index in [2.05, 4.69) is 34.9 Å². The minimum atomic E-state index is -0.0725. The second-order valence-electron chi connectivity index (χ2n) is 5.95. The molecule has 0 radical (unpaired) electrons. The van der Waals surface area contributed by atoms with E-state index in [1.165, 1.54) is 18.4 Å². The first-order valence-corrected chi connectivity index (χ1v) is 7.94. The number of hydrogen-bond acceptors (Lipinski definition) is 1. The minimum Gasteiger partial charge on any atom is -0.338 e. The van der Waals surface area contributed by atoms with Crippen LogP contribution in [0.1, 0.15) is 30.0 Å². The monoisotopic (exact) mass is 294 g/mol. The third-order valence-electron chi connectivity index (χ3n) is 4.04. The summed E-state index contributed by atoms with van der Waals surface area (Å²) in [6.07, 6.45) is 3.28. The third-order valence-corrected chi connectivity index (χ3v) is 4.04. The Bertz CT molecular complexity index is 593. The van der Waals surface area contributed by atoms with Gasteiger partial charge in [-0.05, 0) is 36.3 Å². The minimum absolute atomic E-state index is 0.0113. The smallest absolute Gasteiger partial charge is 0.315 e. The Labute approximate surface area is 131 Å². The van der Waals surface area contributed by atoms with E-state index in [9.17, 15) is 4.79 Å². The maximum absolute atomic E-state index is 12.1. The zero-order chi connectivity index (χ0) is 15.2. The molecule has 0 aromatic heterocycles. The van der Waals surface area contributed by atoms with Crippen molar-refractivity contribution >= 4 is 6.03 Å². The quantitative estimate of drug-likeness (QED) is 0.838. The van der Waals surface area contributed by atoms with E-state index in [1.54, 1.807) is 0 Å². The largest absolute Gasteiger partial charge is 0.338 e. The van der Waals surface area contributed by atoms with E-state index in [0.717, 1.165) is 18.5 Å². The van der Waals surface area contributed by atoms with Gasteiger partial charge in [-0.25, -0.2) is 4.79 Å². The van der Waals surface area contributed by atoms with Crippen LogP contribution in [0, 0.1) is 5.92 Å². The Morgan fingerprint density at radius 3 is 2.27 bits per heavy atom. The molecule has 0 spiro atoms. The first kappa shape index (κ1) is 14.6. The Morgan fingerprint density at radius 2 is 1.64 bits per heavy atom. The number of amides is 2.